The van der Waals surface area contributed by atoms with E-state index in [1.54, 1.807) is 6.20 Å². The quantitative estimate of drug-likeness (QED) is 0.146. The number of aromatic amines is 2. The van der Waals surface area contributed by atoms with Gasteiger partial charge >= 0.3 is 5.97 Å². The molecule has 1 aliphatic heterocycles. The predicted octanol–water partition coefficient (Wildman–Crippen LogP) is -1.04. The SMILES string of the molecule is O=C(O)C(Cc1cnc[nH]1)NC(=O)C(Cc1c[nH]c2ccccc12)NC(=O)C(CO)NC(=O)C1CCCN1. The molecular weight excluding hydrogens is 494 g/mol. The fraction of sp³-hybridized carbons (Fsp3) is 0.400. The van der Waals surface area contributed by atoms with E-state index in [-0.39, 0.29) is 12.8 Å². The first-order valence-corrected chi connectivity index (χ1v) is 12.4. The Kier molecular flexibility index (Phi) is 8.71. The lowest BCUT2D eigenvalue weighted by molar-refractivity contribution is -0.142. The van der Waals surface area contributed by atoms with E-state index in [0.29, 0.717) is 18.7 Å². The molecule has 13 heteroatoms. The highest BCUT2D eigenvalue weighted by atomic mass is 16.4. The Morgan fingerprint density at radius 2 is 1.76 bits per heavy atom. The summed E-state index contributed by atoms with van der Waals surface area (Å²) in [6.07, 6.45) is 6.01. The molecule has 3 aromatic rings. The fourth-order valence-corrected chi connectivity index (χ4v) is 4.47. The van der Waals surface area contributed by atoms with Gasteiger partial charge in [-0.05, 0) is 31.0 Å². The number of nitrogens with one attached hydrogen (secondary N) is 6. The number of aliphatic hydroxyl groups is 1. The van der Waals surface area contributed by atoms with E-state index in [1.165, 1.54) is 12.5 Å². The van der Waals surface area contributed by atoms with E-state index in [2.05, 4.69) is 36.2 Å². The Morgan fingerprint density at radius 1 is 1.00 bits per heavy atom. The number of carbonyl (C=O) groups is 4. The molecule has 0 radical (unpaired) electrons. The molecule has 0 bridgehead atoms. The minimum Gasteiger partial charge on any atom is -0.480 e. The van der Waals surface area contributed by atoms with Crippen LogP contribution in [0, 0.1) is 0 Å². The van der Waals surface area contributed by atoms with Gasteiger partial charge in [-0.25, -0.2) is 9.78 Å². The highest BCUT2D eigenvalue weighted by Gasteiger charge is 2.32. The van der Waals surface area contributed by atoms with Gasteiger partial charge in [0, 0.05) is 41.8 Å². The summed E-state index contributed by atoms with van der Waals surface area (Å²) in [6.45, 7) is 0.00747. The zero-order valence-corrected chi connectivity index (χ0v) is 20.6. The lowest BCUT2D eigenvalue weighted by atomic mass is 10.0. The average Bonchev–Trinajstić information content (AvgIpc) is 3.69. The molecule has 13 nitrogen and oxygen atoms in total. The molecule has 0 saturated carbocycles. The van der Waals surface area contributed by atoms with Crippen molar-refractivity contribution >= 4 is 34.6 Å². The summed E-state index contributed by atoms with van der Waals surface area (Å²) in [4.78, 5) is 60.6. The first-order chi connectivity index (χ1) is 18.4. The predicted molar refractivity (Wildman–Crippen MR) is 136 cm³/mol. The molecule has 4 unspecified atom stereocenters. The third-order valence-corrected chi connectivity index (χ3v) is 6.52. The second-order valence-electron chi connectivity index (χ2n) is 9.20. The number of nitrogens with zero attached hydrogens (tertiary/aromatic N) is 1. The second-order valence-corrected chi connectivity index (χ2v) is 9.20. The number of aliphatic carboxylic acids is 1. The van der Waals surface area contributed by atoms with Crippen molar-refractivity contribution < 1.29 is 29.4 Å². The van der Waals surface area contributed by atoms with Gasteiger partial charge < -0.3 is 41.4 Å². The summed E-state index contributed by atoms with van der Waals surface area (Å²) in [5, 5.41) is 31.0. The third kappa shape index (κ3) is 6.55. The third-order valence-electron chi connectivity index (χ3n) is 6.52. The normalized spacial score (nSPS) is 17.4. The van der Waals surface area contributed by atoms with Gasteiger partial charge in [0.15, 0.2) is 0 Å². The van der Waals surface area contributed by atoms with Crippen molar-refractivity contribution in [3.63, 3.8) is 0 Å². The average molecular weight is 526 g/mol. The van der Waals surface area contributed by atoms with Crippen molar-refractivity contribution in [2.24, 2.45) is 0 Å². The van der Waals surface area contributed by atoms with Gasteiger partial charge in [-0.15, -0.1) is 0 Å². The van der Waals surface area contributed by atoms with Crippen molar-refractivity contribution in [1.29, 1.82) is 0 Å². The van der Waals surface area contributed by atoms with Crippen molar-refractivity contribution in [1.82, 2.24) is 36.2 Å². The second kappa shape index (κ2) is 12.3. The van der Waals surface area contributed by atoms with E-state index < -0.39 is 54.5 Å². The number of amides is 3. The van der Waals surface area contributed by atoms with Crippen molar-refractivity contribution in [2.75, 3.05) is 13.2 Å². The molecule has 8 N–H and O–H groups in total. The molecule has 1 fully saturated rings. The highest BCUT2D eigenvalue weighted by molar-refractivity contribution is 5.95. The van der Waals surface area contributed by atoms with Crippen LogP contribution in [0.2, 0.25) is 0 Å². The van der Waals surface area contributed by atoms with Crippen LogP contribution in [-0.4, -0.2) is 86.2 Å². The van der Waals surface area contributed by atoms with Gasteiger partial charge in [-0.3, -0.25) is 14.4 Å². The largest absolute Gasteiger partial charge is 0.480 e. The van der Waals surface area contributed by atoms with Crippen LogP contribution < -0.4 is 21.3 Å². The highest BCUT2D eigenvalue weighted by Crippen LogP contribution is 2.19. The molecular formula is C25H31N7O6. The number of benzene rings is 1. The van der Waals surface area contributed by atoms with Crippen molar-refractivity contribution in [3.05, 3.63) is 54.2 Å². The number of carbonyl (C=O) groups excluding carboxylic acids is 3. The monoisotopic (exact) mass is 525 g/mol. The van der Waals surface area contributed by atoms with Crippen LogP contribution >= 0.6 is 0 Å². The van der Waals surface area contributed by atoms with E-state index in [0.717, 1.165) is 22.9 Å². The van der Waals surface area contributed by atoms with Crippen LogP contribution in [0.15, 0.2) is 43.0 Å². The lowest BCUT2D eigenvalue weighted by Gasteiger charge is -2.24. The minimum absolute atomic E-state index is 0.0360. The Bertz CT molecular complexity index is 1270. The molecule has 1 aliphatic rings. The zero-order valence-electron chi connectivity index (χ0n) is 20.6. The summed E-state index contributed by atoms with van der Waals surface area (Å²) in [6, 6.07) is 3.20. The molecule has 2 aromatic heterocycles. The molecule has 1 aromatic carbocycles. The maximum atomic E-state index is 13.3. The number of fused-ring (bicyclic) bond motifs is 1. The Balaban J connectivity index is 1.52. The first kappa shape index (κ1) is 26.8. The van der Waals surface area contributed by atoms with E-state index >= 15 is 0 Å². The number of rotatable bonds is 12. The number of hydrogen-bond acceptors (Lipinski definition) is 7. The zero-order chi connectivity index (χ0) is 27.1. The molecule has 38 heavy (non-hydrogen) atoms. The molecule has 3 heterocycles. The van der Waals surface area contributed by atoms with Crippen LogP contribution in [0.25, 0.3) is 10.9 Å². The van der Waals surface area contributed by atoms with Crippen LogP contribution in [0.5, 0.6) is 0 Å². The Labute approximate surface area is 217 Å². The van der Waals surface area contributed by atoms with E-state index in [4.69, 9.17) is 0 Å². The molecule has 0 spiro atoms. The number of para-hydroxylation sites is 1. The van der Waals surface area contributed by atoms with Gasteiger partial charge in [0.05, 0.1) is 19.0 Å². The fourth-order valence-electron chi connectivity index (χ4n) is 4.47. The van der Waals surface area contributed by atoms with Crippen LogP contribution in [-0.2, 0) is 32.0 Å². The summed E-state index contributed by atoms with van der Waals surface area (Å²) in [7, 11) is 0. The molecule has 4 rings (SSSR count). The Hall–Kier alpha value is -4.23. The van der Waals surface area contributed by atoms with Gasteiger partial charge in [0.1, 0.15) is 18.1 Å². The molecule has 1 saturated heterocycles. The molecule has 202 valence electrons. The van der Waals surface area contributed by atoms with Gasteiger partial charge in [0.2, 0.25) is 17.7 Å². The summed E-state index contributed by atoms with van der Waals surface area (Å²) in [5.74, 6) is -3.16. The van der Waals surface area contributed by atoms with Crippen LogP contribution in [0.4, 0.5) is 0 Å². The number of carboxylic acids is 1. The number of aliphatic hydroxyl groups excluding tert-OH is 1. The summed E-state index contributed by atoms with van der Waals surface area (Å²) in [5.41, 5.74) is 2.07. The van der Waals surface area contributed by atoms with Crippen molar-refractivity contribution in [2.45, 2.75) is 49.9 Å². The standard InChI is InChI=1S/C25H31N7O6/c33-12-21(32-22(34)18-6-3-7-27-18)24(36)30-19(8-14-10-28-17-5-2-1-4-16(14)17)23(35)31-20(25(37)38)9-15-11-26-13-29-15/h1-2,4-5,10-11,13,18-21,27-28,33H,3,6-9,12H2,(H,26,29)(H,30,36)(H,31,35)(H,32,34)(H,37,38). The maximum absolute atomic E-state index is 13.3. The van der Waals surface area contributed by atoms with Gasteiger partial charge in [-0.2, -0.15) is 0 Å². The minimum atomic E-state index is -1.29. The van der Waals surface area contributed by atoms with E-state index in [1.807, 2.05) is 24.3 Å². The van der Waals surface area contributed by atoms with E-state index in [9.17, 15) is 29.4 Å². The lowest BCUT2D eigenvalue weighted by Crippen LogP contribution is -2.58. The van der Waals surface area contributed by atoms with Crippen LogP contribution in [0.1, 0.15) is 24.1 Å². The maximum Gasteiger partial charge on any atom is 0.326 e. The number of H-pyrrole nitrogens is 2. The topological polar surface area (TPSA) is 201 Å². The van der Waals surface area contributed by atoms with Crippen LogP contribution in [0.3, 0.4) is 0 Å². The molecule has 3 amide bonds. The first-order valence-electron chi connectivity index (χ1n) is 12.4. The molecule has 0 aliphatic carbocycles. The Morgan fingerprint density at radius 3 is 2.45 bits per heavy atom. The smallest absolute Gasteiger partial charge is 0.326 e. The number of carboxylic acid groups (broad SMARTS) is 1. The van der Waals surface area contributed by atoms with Gasteiger partial charge in [-0.1, -0.05) is 18.2 Å². The number of aromatic nitrogens is 3. The number of hydrogen-bond donors (Lipinski definition) is 8. The van der Waals surface area contributed by atoms with Gasteiger partial charge in [0.25, 0.3) is 0 Å². The number of imidazole rings is 1. The summed E-state index contributed by atoms with van der Waals surface area (Å²) < 4.78 is 0. The molecule has 4 atom stereocenters. The van der Waals surface area contributed by atoms with Crippen molar-refractivity contribution in [3.8, 4) is 0 Å². The summed E-state index contributed by atoms with van der Waals surface area (Å²) >= 11 is 0.